The van der Waals surface area contributed by atoms with Gasteiger partial charge in [0.05, 0.1) is 59.1 Å². The summed E-state index contributed by atoms with van der Waals surface area (Å²) in [6.45, 7) is 10.0. The molecular weight excluding hydrogens is 665 g/mol. The number of rotatable bonds is 7. The largest absolute Gasteiger partial charge is 0.482 e. The Hall–Kier alpha value is -4.80. The Bertz CT molecular complexity index is 2000. The van der Waals surface area contributed by atoms with Gasteiger partial charge in [0.25, 0.3) is 5.91 Å². The van der Waals surface area contributed by atoms with Crippen molar-refractivity contribution in [3.05, 3.63) is 64.5 Å². The lowest BCUT2D eigenvalue weighted by molar-refractivity contribution is -0.121. The molecule has 2 aliphatic heterocycles. The molecule has 0 saturated carbocycles. The lowest BCUT2D eigenvalue weighted by Gasteiger charge is -2.38. The summed E-state index contributed by atoms with van der Waals surface area (Å²) in [5.41, 5.74) is 2.85. The van der Waals surface area contributed by atoms with Gasteiger partial charge in [0, 0.05) is 30.8 Å². The molecule has 3 aromatic heterocycles. The average Bonchev–Trinajstić information content (AvgIpc) is 3.48. The summed E-state index contributed by atoms with van der Waals surface area (Å²) in [5, 5.41) is 16.1. The van der Waals surface area contributed by atoms with Gasteiger partial charge in [-0.25, -0.2) is 18.9 Å². The Kier molecular flexibility index (Phi) is 9.70. The van der Waals surface area contributed by atoms with Gasteiger partial charge in [0.1, 0.15) is 23.2 Å². The third-order valence-electron chi connectivity index (χ3n) is 8.71. The molecule has 1 aromatic carbocycles. The van der Waals surface area contributed by atoms with Crippen molar-refractivity contribution in [2.24, 2.45) is 5.92 Å². The lowest BCUT2D eigenvalue weighted by Crippen LogP contribution is -2.49. The minimum atomic E-state index is -0.623. The van der Waals surface area contributed by atoms with Crippen LogP contribution in [0.3, 0.4) is 0 Å². The molecule has 0 unspecified atom stereocenters. The van der Waals surface area contributed by atoms with Crippen LogP contribution in [-0.4, -0.2) is 75.2 Å². The summed E-state index contributed by atoms with van der Waals surface area (Å²) in [5.74, 6) is -0.365. The van der Waals surface area contributed by atoms with E-state index in [0.717, 1.165) is 6.07 Å². The van der Waals surface area contributed by atoms with E-state index >= 15 is 0 Å². The summed E-state index contributed by atoms with van der Waals surface area (Å²) in [6.07, 6.45) is 3.34. The van der Waals surface area contributed by atoms with Gasteiger partial charge in [0.2, 0.25) is 0 Å². The Morgan fingerprint density at radius 2 is 2.00 bits per heavy atom. The van der Waals surface area contributed by atoms with Crippen LogP contribution in [0.25, 0.3) is 22.2 Å². The third kappa shape index (κ3) is 6.95. The van der Waals surface area contributed by atoms with E-state index in [2.05, 4.69) is 24.9 Å². The predicted molar refractivity (Wildman–Crippen MR) is 184 cm³/mol. The van der Waals surface area contributed by atoms with Crippen molar-refractivity contribution < 1.29 is 28.2 Å². The van der Waals surface area contributed by atoms with Gasteiger partial charge in [-0.2, -0.15) is 10.4 Å². The lowest BCUT2D eigenvalue weighted by atomic mass is 9.93. The Morgan fingerprint density at radius 3 is 2.68 bits per heavy atom. The minimum absolute atomic E-state index is 0.0688. The number of ether oxygens (including phenoxy) is 3. The molecule has 0 spiro atoms. The maximum atomic E-state index is 14.7. The fourth-order valence-corrected chi connectivity index (χ4v) is 6.60. The van der Waals surface area contributed by atoms with E-state index in [1.807, 2.05) is 31.5 Å². The number of hydrogen-bond acceptors (Lipinski definition) is 9. The number of methoxy groups -OCH3 is 1. The SMILES string of the molecule is CO[C@@H]1CN(C(=O)OC(C)(C)C)CC[C@@H]1n1ncc2c(-c3ccc4c(c3)OCC(=O)N4Cc3ncc(Cl)cc3F)c(C#N)c(CC(C)C)nc21. The molecule has 6 rings (SSSR count). The maximum Gasteiger partial charge on any atom is 0.410 e. The zero-order chi connectivity index (χ0) is 35.9. The van der Waals surface area contributed by atoms with Crippen LogP contribution in [0.1, 0.15) is 64.0 Å². The van der Waals surface area contributed by atoms with E-state index in [4.69, 9.17) is 35.9 Å². The van der Waals surface area contributed by atoms with Gasteiger partial charge in [-0.3, -0.25) is 14.7 Å². The highest BCUT2D eigenvalue weighted by Gasteiger charge is 2.37. The van der Waals surface area contributed by atoms with Crippen molar-refractivity contribution in [1.29, 1.82) is 5.26 Å². The number of carbonyl (C=O) groups is 2. The van der Waals surface area contributed by atoms with E-state index in [9.17, 15) is 19.2 Å². The van der Waals surface area contributed by atoms with Crippen molar-refractivity contribution in [2.45, 2.75) is 71.8 Å². The molecule has 5 heterocycles. The number of fused-ring (bicyclic) bond motifs is 2. The van der Waals surface area contributed by atoms with E-state index in [0.29, 0.717) is 70.8 Å². The van der Waals surface area contributed by atoms with E-state index in [-0.39, 0.29) is 41.7 Å². The van der Waals surface area contributed by atoms with Gasteiger partial charge in [0.15, 0.2) is 12.3 Å². The van der Waals surface area contributed by atoms with Gasteiger partial charge in [-0.05, 0) is 63.3 Å². The topological polar surface area (TPSA) is 136 Å². The molecule has 262 valence electrons. The highest BCUT2D eigenvalue weighted by atomic mass is 35.5. The number of aromatic nitrogens is 4. The first kappa shape index (κ1) is 35.0. The maximum absolute atomic E-state index is 14.7. The first-order valence-corrected chi connectivity index (χ1v) is 16.8. The second-order valence-corrected chi connectivity index (χ2v) is 14.4. The van der Waals surface area contributed by atoms with Crippen LogP contribution in [0.5, 0.6) is 5.75 Å². The van der Waals surface area contributed by atoms with Crippen LogP contribution in [0.15, 0.2) is 36.7 Å². The molecule has 4 aromatic rings. The number of hydrogen-bond donors (Lipinski definition) is 0. The highest BCUT2D eigenvalue weighted by Crippen LogP contribution is 2.41. The Morgan fingerprint density at radius 1 is 1.22 bits per heavy atom. The molecule has 2 aliphatic rings. The van der Waals surface area contributed by atoms with Crippen LogP contribution in [0.4, 0.5) is 14.9 Å². The molecule has 0 aliphatic carbocycles. The van der Waals surface area contributed by atoms with Crippen LogP contribution in [0.2, 0.25) is 5.02 Å². The quantitative estimate of drug-likeness (QED) is 0.212. The number of nitriles is 1. The molecule has 2 amide bonds. The number of carbonyl (C=O) groups excluding carboxylic acids is 2. The highest BCUT2D eigenvalue weighted by molar-refractivity contribution is 6.30. The van der Waals surface area contributed by atoms with E-state index in [1.165, 1.54) is 11.1 Å². The van der Waals surface area contributed by atoms with Crippen molar-refractivity contribution in [3.63, 3.8) is 0 Å². The number of nitrogens with zero attached hydrogens (tertiary/aromatic N) is 7. The van der Waals surface area contributed by atoms with E-state index < -0.39 is 23.6 Å². The van der Waals surface area contributed by atoms with E-state index in [1.54, 1.807) is 30.3 Å². The summed E-state index contributed by atoms with van der Waals surface area (Å²) >= 11 is 5.88. The number of piperidine rings is 1. The smallest absolute Gasteiger partial charge is 0.410 e. The molecule has 1 fully saturated rings. The first-order chi connectivity index (χ1) is 23.8. The summed E-state index contributed by atoms with van der Waals surface area (Å²) in [4.78, 5) is 38.0. The normalized spacial score (nSPS) is 17.9. The molecular formula is C36H39ClFN7O5. The molecule has 12 nitrogen and oxygen atoms in total. The molecule has 2 atom stereocenters. The summed E-state index contributed by atoms with van der Waals surface area (Å²) in [7, 11) is 1.61. The fraction of sp³-hybridized carbons (Fsp3) is 0.444. The number of likely N-dealkylation sites (tertiary alicyclic amines) is 1. The van der Waals surface area contributed by atoms with Crippen LogP contribution in [0, 0.1) is 23.1 Å². The molecule has 0 bridgehead atoms. The zero-order valence-corrected chi connectivity index (χ0v) is 29.6. The summed E-state index contributed by atoms with van der Waals surface area (Å²) < 4.78 is 33.9. The second kappa shape index (κ2) is 13.8. The first-order valence-electron chi connectivity index (χ1n) is 16.5. The van der Waals surface area contributed by atoms with Crippen molar-refractivity contribution in [1.82, 2.24) is 24.6 Å². The van der Waals surface area contributed by atoms with Crippen LogP contribution < -0.4 is 9.64 Å². The van der Waals surface area contributed by atoms with Crippen molar-refractivity contribution >= 4 is 40.3 Å². The Labute approximate surface area is 294 Å². The molecule has 50 heavy (non-hydrogen) atoms. The number of anilines is 1. The average molecular weight is 704 g/mol. The minimum Gasteiger partial charge on any atom is -0.482 e. The standard InChI is InChI=1S/C36H39ClFN7O5/c1-20(2)11-26-23(14-39)33(21-7-8-28-30(12-21)49-19-32(46)44(28)17-27-25(38)13-22(37)15-40-27)24-16-41-45(34(24)42-26)29-9-10-43(18-31(29)48-6)35(47)50-36(3,4)5/h7-8,12-13,15-16,20,29,31H,9-11,17-19H2,1-6H3/t29-,31+/m0/s1. The molecule has 0 radical (unpaired) electrons. The van der Waals surface area contributed by atoms with Crippen LogP contribution >= 0.6 is 11.6 Å². The molecule has 14 heteroatoms. The molecule has 1 saturated heterocycles. The van der Waals surface area contributed by atoms with Gasteiger partial charge < -0.3 is 19.1 Å². The van der Waals surface area contributed by atoms with Crippen molar-refractivity contribution in [2.75, 3.05) is 31.7 Å². The number of pyridine rings is 2. The third-order valence-corrected chi connectivity index (χ3v) is 8.91. The molecule has 0 N–H and O–H groups in total. The predicted octanol–water partition coefficient (Wildman–Crippen LogP) is 6.48. The fourth-order valence-electron chi connectivity index (χ4n) is 6.45. The monoisotopic (exact) mass is 703 g/mol. The Balaban J connectivity index is 1.41. The second-order valence-electron chi connectivity index (χ2n) is 13.9. The van der Waals surface area contributed by atoms with Gasteiger partial charge in [-0.1, -0.05) is 31.5 Å². The van der Waals surface area contributed by atoms with Gasteiger partial charge in [-0.15, -0.1) is 0 Å². The summed E-state index contributed by atoms with van der Waals surface area (Å²) in [6, 6.07) is 8.62. The number of halogens is 2. The van der Waals surface area contributed by atoms with Crippen molar-refractivity contribution in [3.8, 4) is 22.9 Å². The van der Waals surface area contributed by atoms with Gasteiger partial charge >= 0.3 is 6.09 Å². The zero-order valence-electron chi connectivity index (χ0n) is 28.9. The number of benzene rings is 1. The van der Waals surface area contributed by atoms with Crippen LogP contribution in [-0.2, 0) is 27.2 Å². The number of amides is 2.